The van der Waals surface area contributed by atoms with Gasteiger partial charge in [-0.2, -0.15) is 0 Å². The summed E-state index contributed by atoms with van der Waals surface area (Å²) < 4.78 is 28.1. The molecule has 27 heavy (non-hydrogen) atoms. The molecule has 0 saturated heterocycles. The molecule has 4 nitrogen and oxygen atoms in total. The maximum absolute atomic E-state index is 12.7. The summed E-state index contributed by atoms with van der Waals surface area (Å²) in [7, 11) is -3.62. The average molecular weight is 381 g/mol. The summed E-state index contributed by atoms with van der Waals surface area (Å²) >= 11 is 0. The van der Waals surface area contributed by atoms with Crippen molar-refractivity contribution < 1.29 is 13.5 Å². The minimum absolute atomic E-state index is 0.124. The minimum atomic E-state index is -3.62. The zero-order chi connectivity index (χ0) is 19.1. The number of nitrogens with one attached hydrogen (secondary N) is 1. The van der Waals surface area contributed by atoms with Gasteiger partial charge in [0.15, 0.2) is 0 Å². The van der Waals surface area contributed by atoms with E-state index in [1.54, 1.807) is 24.3 Å². The van der Waals surface area contributed by atoms with Crippen LogP contribution in [0, 0.1) is 0 Å². The number of sulfonamides is 1. The van der Waals surface area contributed by atoms with Crippen molar-refractivity contribution in [3.8, 4) is 0 Å². The molecule has 3 aromatic carbocycles. The predicted molar refractivity (Wildman–Crippen MR) is 108 cm³/mol. The summed E-state index contributed by atoms with van der Waals surface area (Å²) in [6.07, 6.45) is -0.553. The molecule has 0 amide bonds. The highest BCUT2D eigenvalue weighted by molar-refractivity contribution is 7.88. The molecule has 0 fully saturated rings. The molecule has 0 aliphatic heterocycles. The molecule has 0 unspecified atom stereocenters. The summed E-state index contributed by atoms with van der Waals surface area (Å²) in [4.78, 5) is 0. The van der Waals surface area contributed by atoms with E-state index in [0.29, 0.717) is 17.5 Å². The van der Waals surface area contributed by atoms with Crippen molar-refractivity contribution in [1.82, 2.24) is 4.72 Å². The van der Waals surface area contributed by atoms with Crippen LogP contribution < -0.4 is 4.72 Å². The van der Waals surface area contributed by atoms with Crippen LogP contribution in [-0.2, 0) is 22.2 Å². The van der Waals surface area contributed by atoms with Crippen LogP contribution in [0.4, 0.5) is 0 Å². The van der Waals surface area contributed by atoms with Crippen LogP contribution >= 0.6 is 0 Å². The molecular formula is C22H23NO3S. The Labute approximate surface area is 160 Å². The van der Waals surface area contributed by atoms with Crippen LogP contribution in [0.25, 0.3) is 0 Å². The van der Waals surface area contributed by atoms with Gasteiger partial charge in [0.2, 0.25) is 10.0 Å². The molecule has 3 aromatic rings. The lowest BCUT2D eigenvalue weighted by Crippen LogP contribution is -2.41. The Morgan fingerprint density at radius 3 is 1.78 bits per heavy atom. The molecule has 5 heteroatoms. The fourth-order valence-electron chi connectivity index (χ4n) is 3.03. The second-order valence-corrected chi connectivity index (χ2v) is 8.27. The van der Waals surface area contributed by atoms with Crippen molar-refractivity contribution in [1.29, 1.82) is 0 Å². The van der Waals surface area contributed by atoms with Gasteiger partial charge in [0, 0.05) is 0 Å². The number of aliphatic hydroxyl groups excluding tert-OH is 1. The van der Waals surface area contributed by atoms with Crippen molar-refractivity contribution >= 4 is 10.0 Å². The van der Waals surface area contributed by atoms with Crippen LogP contribution in [0.2, 0.25) is 0 Å². The van der Waals surface area contributed by atoms with Gasteiger partial charge in [0.1, 0.15) is 0 Å². The normalized spacial score (nSPS) is 13.8. The number of benzene rings is 3. The van der Waals surface area contributed by atoms with Gasteiger partial charge in [-0.15, -0.1) is 0 Å². The summed E-state index contributed by atoms with van der Waals surface area (Å²) in [5, 5.41) is 10.8. The zero-order valence-electron chi connectivity index (χ0n) is 14.9. The Hall–Kier alpha value is -2.47. The van der Waals surface area contributed by atoms with Crippen molar-refractivity contribution in [2.24, 2.45) is 0 Å². The van der Waals surface area contributed by atoms with E-state index in [-0.39, 0.29) is 5.75 Å². The molecule has 0 aliphatic rings. The van der Waals surface area contributed by atoms with E-state index in [9.17, 15) is 13.5 Å². The molecule has 0 aliphatic carbocycles. The third kappa shape index (κ3) is 5.76. The van der Waals surface area contributed by atoms with Crippen LogP contribution in [-0.4, -0.2) is 19.6 Å². The summed E-state index contributed by atoms with van der Waals surface area (Å²) in [5.41, 5.74) is 2.35. The number of hydrogen-bond donors (Lipinski definition) is 2. The van der Waals surface area contributed by atoms with Gasteiger partial charge in [-0.3, -0.25) is 0 Å². The van der Waals surface area contributed by atoms with E-state index in [1.165, 1.54) is 0 Å². The van der Waals surface area contributed by atoms with Crippen LogP contribution in [0.1, 0.15) is 22.8 Å². The Bertz CT molecular complexity index is 929. The van der Waals surface area contributed by atoms with Crippen molar-refractivity contribution in [2.75, 3.05) is 0 Å². The number of hydrogen-bond acceptors (Lipinski definition) is 3. The molecule has 0 saturated carbocycles. The van der Waals surface area contributed by atoms with E-state index in [2.05, 4.69) is 4.72 Å². The van der Waals surface area contributed by atoms with Gasteiger partial charge < -0.3 is 5.11 Å². The first-order valence-electron chi connectivity index (χ1n) is 8.84. The van der Waals surface area contributed by atoms with Gasteiger partial charge in [0.05, 0.1) is 17.9 Å². The smallest absolute Gasteiger partial charge is 0.216 e. The average Bonchev–Trinajstić information content (AvgIpc) is 2.68. The van der Waals surface area contributed by atoms with E-state index in [1.807, 2.05) is 66.7 Å². The highest BCUT2D eigenvalue weighted by Gasteiger charge is 2.26. The van der Waals surface area contributed by atoms with E-state index >= 15 is 0 Å². The SMILES string of the molecule is O=S(=O)(Cc1ccccc1)N[C@H](Cc1ccccc1)[C@@H](O)c1ccccc1. The summed E-state index contributed by atoms with van der Waals surface area (Å²) in [6, 6.07) is 27.0. The molecule has 0 bridgehead atoms. The molecular weight excluding hydrogens is 358 g/mol. The summed E-state index contributed by atoms with van der Waals surface area (Å²) in [5.74, 6) is -0.124. The third-order valence-electron chi connectivity index (χ3n) is 4.35. The lowest BCUT2D eigenvalue weighted by Gasteiger charge is -2.24. The quantitative estimate of drug-likeness (QED) is 0.628. The van der Waals surface area contributed by atoms with Crippen molar-refractivity contribution in [3.05, 3.63) is 108 Å². The van der Waals surface area contributed by atoms with Gasteiger partial charge in [-0.1, -0.05) is 91.0 Å². The first-order valence-corrected chi connectivity index (χ1v) is 10.5. The van der Waals surface area contributed by atoms with Gasteiger partial charge in [-0.25, -0.2) is 13.1 Å². The monoisotopic (exact) mass is 381 g/mol. The Balaban J connectivity index is 1.82. The molecule has 0 aromatic heterocycles. The van der Waals surface area contributed by atoms with Crippen molar-refractivity contribution in [3.63, 3.8) is 0 Å². The fourth-order valence-corrected chi connectivity index (χ4v) is 4.42. The molecule has 140 valence electrons. The minimum Gasteiger partial charge on any atom is -0.387 e. The Morgan fingerprint density at radius 1 is 0.741 bits per heavy atom. The molecule has 0 radical (unpaired) electrons. The van der Waals surface area contributed by atoms with Crippen LogP contribution in [0.5, 0.6) is 0 Å². The lowest BCUT2D eigenvalue weighted by molar-refractivity contribution is 0.138. The van der Waals surface area contributed by atoms with E-state index < -0.39 is 22.2 Å². The second-order valence-electron chi connectivity index (χ2n) is 6.51. The van der Waals surface area contributed by atoms with Gasteiger partial charge in [0.25, 0.3) is 0 Å². The van der Waals surface area contributed by atoms with Gasteiger partial charge >= 0.3 is 0 Å². The lowest BCUT2D eigenvalue weighted by atomic mass is 9.97. The van der Waals surface area contributed by atoms with Crippen LogP contribution in [0.15, 0.2) is 91.0 Å². The largest absolute Gasteiger partial charge is 0.387 e. The molecule has 0 heterocycles. The fraction of sp³-hybridized carbons (Fsp3) is 0.182. The first-order chi connectivity index (χ1) is 13.0. The molecule has 2 atom stereocenters. The van der Waals surface area contributed by atoms with E-state index in [0.717, 1.165) is 5.56 Å². The predicted octanol–water partition coefficient (Wildman–Crippen LogP) is 3.45. The first kappa shape index (κ1) is 19.3. The zero-order valence-corrected chi connectivity index (χ0v) is 15.7. The second kappa shape index (κ2) is 8.95. The highest BCUT2D eigenvalue weighted by Crippen LogP contribution is 2.21. The molecule has 2 N–H and O–H groups in total. The Kier molecular flexibility index (Phi) is 6.40. The standard InChI is InChI=1S/C22H23NO3S/c24-22(20-14-8-3-9-15-20)21(16-18-10-4-1-5-11-18)23-27(25,26)17-19-12-6-2-7-13-19/h1-15,21-24H,16-17H2/t21-,22+/m1/s1. The molecule has 0 spiro atoms. The number of rotatable bonds is 8. The van der Waals surface area contributed by atoms with Crippen LogP contribution in [0.3, 0.4) is 0 Å². The van der Waals surface area contributed by atoms with E-state index in [4.69, 9.17) is 0 Å². The maximum Gasteiger partial charge on any atom is 0.216 e. The van der Waals surface area contributed by atoms with Gasteiger partial charge in [-0.05, 0) is 23.1 Å². The molecule has 3 rings (SSSR count). The topological polar surface area (TPSA) is 66.4 Å². The highest BCUT2D eigenvalue weighted by atomic mass is 32.2. The van der Waals surface area contributed by atoms with Crippen molar-refractivity contribution in [2.45, 2.75) is 24.3 Å². The number of aliphatic hydroxyl groups is 1. The Morgan fingerprint density at radius 2 is 1.22 bits per heavy atom. The maximum atomic E-state index is 12.7. The summed E-state index contributed by atoms with van der Waals surface area (Å²) in [6.45, 7) is 0. The third-order valence-corrected chi connectivity index (χ3v) is 5.73.